The van der Waals surface area contributed by atoms with E-state index in [0.717, 1.165) is 19.0 Å². The zero-order chi connectivity index (χ0) is 18.9. The van der Waals surface area contributed by atoms with Gasteiger partial charge in [0.05, 0.1) is 6.54 Å². The highest BCUT2D eigenvalue weighted by Crippen LogP contribution is 2.15. The third-order valence-electron chi connectivity index (χ3n) is 5.28. The summed E-state index contributed by atoms with van der Waals surface area (Å²) >= 11 is 0. The summed E-state index contributed by atoms with van der Waals surface area (Å²) in [5.41, 5.74) is 1.23. The molecule has 1 heterocycles. The predicted molar refractivity (Wildman–Crippen MR) is 129 cm³/mol. The maximum absolute atomic E-state index is 4.85. The second kappa shape index (κ2) is 12.4. The molecule has 1 atom stereocenters. The number of para-hydroxylation sites is 1. The summed E-state index contributed by atoms with van der Waals surface area (Å²) in [5, 5.41) is 7.05. The van der Waals surface area contributed by atoms with Crippen molar-refractivity contribution in [1.29, 1.82) is 0 Å². The number of likely N-dealkylation sites (tertiary alicyclic amines) is 1. The first-order valence-electron chi connectivity index (χ1n) is 10.1. The molecule has 0 aliphatic carbocycles. The largest absolute Gasteiger partial charge is 0.370 e. The van der Waals surface area contributed by atoms with Crippen molar-refractivity contribution in [3.05, 3.63) is 30.3 Å². The van der Waals surface area contributed by atoms with Gasteiger partial charge in [-0.2, -0.15) is 0 Å². The molecular weight excluding hydrogens is 449 g/mol. The summed E-state index contributed by atoms with van der Waals surface area (Å²) in [6.45, 7) is 12.9. The molecule has 0 bridgehead atoms. The molecule has 0 spiro atoms. The van der Waals surface area contributed by atoms with Crippen molar-refractivity contribution < 1.29 is 0 Å². The number of guanidine groups is 1. The molecule has 0 radical (unpaired) electrons. The van der Waals surface area contributed by atoms with Crippen LogP contribution in [0.15, 0.2) is 35.3 Å². The molecule has 1 aromatic rings. The highest BCUT2D eigenvalue weighted by Gasteiger charge is 2.21. The summed E-state index contributed by atoms with van der Waals surface area (Å²) in [7, 11) is 2.14. The minimum Gasteiger partial charge on any atom is -0.370 e. The van der Waals surface area contributed by atoms with Crippen LogP contribution in [0, 0.1) is 0 Å². The molecule has 1 unspecified atom stereocenters. The van der Waals surface area contributed by atoms with Gasteiger partial charge in [-0.25, -0.2) is 0 Å². The maximum Gasteiger partial charge on any atom is 0.191 e. The highest BCUT2D eigenvalue weighted by molar-refractivity contribution is 14.0. The first-order chi connectivity index (χ1) is 12.5. The lowest BCUT2D eigenvalue weighted by Gasteiger charge is -2.35. The van der Waals surface area contributed by atoms with Gasteiger partial charge in [0.15, 0.2) is 5.96 Å². The smallest absolute Gasteiger partial charge is 0.191 e. The molecule has 1 aromatic carbocycles. The van der Waals surface area contributed by atoms with Gasteiger partial charge in [0.25, 0.3) is 0 Å². The molecule has 5 nitrogen and oxygen atoms in total. The van der Waals surface area contributed by atoms with E-state index in [-0.39, 0.29) is 24.0 Å². The van der Waals surface area contributed by atoms with Crippen LogP contribution in [0.4, 0.5) is 5.69 Å². The number of nitrogens with one attached hydrogen (secondary N) is 2. The molecule has 27 heavy (non-hydrogen) atoms. The number of halogens is 1. The van der Waals surface area contributed by atoms with Gasteiger partial charge in [0.1, 0.15) is 0 Å². The van der Waals surface area contributed by atoms with E-state index in [1.54, 1.807) is 0 Å². The van der Waals surface area contributed by atoms with Gasteiger partial charge in [-0.05, 0) is 52.7 Å². The zero-order valence-corrected chi connectivity index (χ0v) is 19.9. The third-order valence-corrected chi connectivity index (χ3v) is 5.28. The Hall–Kier alpha value is -1.02. The number of likely N-dealkylation sites (N-methyl/N-ethyl adjacent to an activating group) is 1. The van der Waals surface area contributed by atoms with Crippen LogP contribution in [0.25, 0.3) is 0 Å². The number of benzene rings is 1. The third kappa shape index (κ3) is 7.86. The molecule has 1 aliphatic rings. The van der Waals surface area contributed by atoms with Crippen molar-refractivity contribution >= 4 is 35.6 Å². The number of hydrogen-bond acceptors (Lipinski definition) is 3. The molecular formula is C21H38IN5. The monoisotopic (exact) mass is 487 g/mol. The number of hydrogen-bond donors (Lipinski definition) is 2. The van der Waals surface area contributed by atoms with Crippen molar-refractivity contribution in [3.8, 4) is 0 Å². The van der Waals surface area contributed by atoms with E-state index in [4.69, 9.17) is 4.99 Å². The van der Waals surface area contributed by atoms with Gasteiger partial charge in [-0.3, -0.25) is 4.99 Å². The van der Waals surface area contributed by atoms with Crippen LogP contribution in [0.5, 0.6) is 0 Å². The Bertz CT molecular complexity index is 541. The Kier molecular flexibility index (Phi) is 11.1. The Balaban J connectivity index is 0.00000364. The first-order valence-corrected chi connectivity index (χ1v) is 10.1. The van der Waals surface area contributed by atoms with Crippen LogP contribution >= 0.6 is 24.0 Å². The fourth-order valence-electron chi connectivity index (χ4n) is 3.34. The molecule has 0 aromatic heterocycles. The van der Waals surface area contributed by atoms with E-state index in [2.05, 4.69) is 85.5 Å². The maximum atomic E-state index is 4.85. The van der Waals surface area contributed by atoms with Crippen molar-refractivity contribution in [1.82, 2.24) is 15.5 Å². The molecule has 1 fully saturated rings. The zero-order valence-electron chi connectivity index (χ0n) is 17.6. The number of rotatable bonds is 7. The van der Waals surface area contributed by atoms with E-state index < -0.39 is 0 Å². The van der Waals surface area contributed by atoms with Crippen molar-refractivity contribution in [3.63, 3.8) is 0 Å². The number of nitrogens with zero attached hydrogens (tertiary/aromatic N) is 3. The predicted octanol–water partition coefficient (Wildman–Crippen LogP) is 3.56. The Morgan fingerprint density at radius 2 is 1.81 bits per heavy atom. The lowest BCUT2D eigenvalue weighted by Crippen LogP contribution is -2.50. The molecule has 2 rings (SSSR count). The van der Waals surface area contributed by atoms with E-state index in [1.807, 2.05) is 0 Å². The average molecular weight is 487 g/mol. The van der Waals surface area contributed by atoms with E-state index >= 15 is 0 Å². The fraction of sp³-hybridized carbons (Fsp3) is 0.667. The van der Waals surface area contributed by atoms with Gasteiger partial charge in [0.2, 0.25) is 0 Å². The second-order valence-corrected chi connectivity index (χ2v) is 7.56. The number of piperidine rings is 1. The fourth-order valence-corrected chi connectivity index (χ4v) is 3.34. The quantitative estimate of drug-likeness (QED) is 0.351. The van der Waals surface area contributed by atoms with Crippen molar-refractivity contribution in [2.75, 3.05) is 38.1 Å². The van der Waals surface area contributed by atoms with Crippen LogP contribution in [-0.2, 0) is 0 Å². The lowest BCUT2D eigenvalue weighted by atomic mass is 10.0. The first kappa shape index (κ1) is 24.0. The summed E-state index contributed by atoms with van der Waals surface area (Å²) in [6.07, 6.45) is 2.37. The molecule has 154 valence electrons. The van der Waals surface area contributed by atoms with Gasteiger partial charge in [-0.15, -0.1) is 24.0 Å². The van der Waals surface area contributed by atoms with Crippen LogP contribution in [0.3, 0.4) is 0 Å². The van der Waals surface area contributed by atoms with E-state index in [9.17, 15) is 0 Å². The van der Waals surface area contributed by atoms with Crippen molar-refractivity contribution in [2.45, 2.75) is 58.7 Å². The van der Waals surface area contributed by atoms with Gasteiger partial charge < -0.3 is 20.4 Å². The van der Waals surface area contributed by atoms with Crippen molar-refractivity contribution in [2.24, 2.45) is 4.99 Å². The lowest BCUT2D eigenvalue weighted by molar-refractivity contribution is 0.167. The molecule has 1 saturated heterocycles. The standard InChI is InChI=1S/C21H37N5.HI/c1-6-22-21(24-19-12-14-26(15-13-19)17(2)3)23-16-18(4)25(5)20-10-8-7-9-11-20;/h7-11,17-19H,6,12-16H2,1-5H3,(H2,22,23,24);1H. The molecule has 1 aliphatic heterocycles. The Morgan fingerprint density at radius 3 is 2.37 bits per heavy atom. The van der Waals surface area contributed by atoms with Crippen LogP contribution < -0.4 is 15.5 Å². The van der Waals surface area contributed by atoms with Gasteiger partial charge >= 0.3 is 0 Å². The van der Waals surface area contributed by atoms with Gasteiger partial charge in [0, 0.05) is 50.5 Å². The summed E-state index contributed by atoms with van der Waals surface area (Å²) in [4.78, 5) is 9.69. The van der Waals surface area contributed by atoms with E-state index in [1.165, 1.54) is 31.6 Å². The molecule has 6 heteroatoms. The average Bonchev–Trinajstić information content (AvgIpc) is 2.66. The summed E-state index contributed by atoms with van der Waals surface area (Å²) in [5.74, 6) is 0.948. The normalized spacial score (nSPS) is 17.3. The number of aliphatic imine (C=N–C) groups is 1. The minimum absolute atomic E-state index is 0. The van der Waals surface area contributed by atoms with Crippen LogP contribution in [0.2, 0.25) is 0 Å². The van der Waals surface area contributed by atoms with Crippen LogP contribution in [-0.4, -0.2) is 62.2 Å². The topological polar surface area (TPSA) is 42.9 Å². The molecule has 0 saturated carbocycles. The summed E-state index contributed by atoms with van der Waals surface area (Å²) < 4.78 is 0. The SMILES string of the molecule is CCNC(=NCC(C)N(C)c1ccccc1)NC1CCN(C(C)C)CC1.I. The second-order valence-electron chi connectivity index (χ2n) is 7.56. The van der Waals surface area contributed by atoms with E-state index in [0.29, 0.717) is 18.1 Å². The minimum atomic E-state index is 0. The van der Waals surface area contributed by atoms with Gasteiger partial charge in [-0.1, -0.05) is 18.2 Å². The Morgan fingerprint density at radius 1 is 1.19 bits per heavy atom. The summed E-state index contributed by atoms with van der Waals surface area (Å²) in [6, 6.07) is 12.0. The Labute approximate surface area is 183 Å². The van der Waals surface area contributed by atoms with Crippen LogP contribution in [0.1, 0.15) is 40.5 Å². The highest BCUT2D eigenvalue weighted by atomic mass is 127. The number of anilines is 1. The molecule has 2 N–H and O–H groups in total. The molecule has 0 amide bonds.